The standard InChI is InChI=1S/C31H46N2O6.C22H28N2O2.C19H24N2O.C13H17NO.C8H10O3S.C6H7NO/c1-3-31(34)33(29-14-17-32(18-15-29)16-13-27-7-5-4-6-8-27)28-9-11-30(12-10-28)39-26-25-38-24-23-37-22-21-36-20-19-35-2;1-2-22(26)24(19-8-10-21(25)11-9-19)20-13-16-23(17-14-20)15-12-18-6-4-3-5-7-18;22-19-8-6-17(7-9-19)20-18-11-14-21(15-12-18)13-10-16-4-2-1-3-5-16;15-13-7-10-14(11-8-13)9-6-12-4-2-1-3-5-12;1-7-3-5-8(6-4-7)12(9,10)11-2;7-5-1-3-6(8)4-2-5/h4-12,29H,3,13-26H2,1-2H3;3-11,20,25H,2,12-17H2,1H3;1-9,18,20,22H,10-15H2;1-5H,6-11H2;3-6H,1-2H3;1-4,8H,7H2. The maximum Gasteiger partial charge on any atom is 0.296 e. The number of ether oxygens (including phenoxy) is 5. The number of hydrogen-bond donors (Lipinski definition) is 5. The molecule has 658 valence electrons. The Morgan fingerprint density at radius 2 is 0.762 bits per heavy atom. The van der Waals surface area contributed by atoms with Crippen molar-refractivity contribution in [2.45, 2.75) is 134 Å². The van der Waals surface area contributed by atoms with Crippen LogP contribution in [-0.2, 0) is 73.3 Å². The van der Waals surface area contributed by atoms with Gasteiger partial charge >= 0.3 is 0 Å². The second kappa shape index (κ2) is 55.9. The molecule has 4 aliphatic rings. The number of methoxy groups -OCH3 is 1. The number of aromatic hydroxyl groups is 3. The zero-order chi connectivity index (χ0) is 86.8. The fourth-order valence-electron chi connectivity index (χ4n) is 14.6. The van der Waals surface area contributed by atoms with Crippen LogP contribution < -0.4 is 25.6 Å². The van der Waals surface area contributed by atoms with Gasteiger partial charge < -0.3 is 79.5 Å². The van der Waals surface area contributed by atoms with Crippen molar-refractivity contribution < 1.29 is 66.0 Å². The molecule has 122 heavy (non-hydrogen) atoms. The molecule has 4 saturated heterocycles. The lowest BCUT2D eigenvalue weighted by Gasteiger charge is -2.38. The summed E-state index contributed by atoms with van der Waals surface area (Å²) in [7, 11) is -0.716. The van der Waals surface area contributed by atoms with E-state index in [1.54, 1.807) is 67.8 Å². The first-order valence-electron chi connectivity index (χ1n) is 43.3. The van der Waals surface area contributed by atoms with E-state index in [1.165, 1.54) is 47.2 Å². The van der Waals surface area contributed by atoms with E-state index < -0.39 is 10.1 Å². The molecular weight excluding hydrogens is 1560 g/mol. The number of Topliss-reactive ketones (excluding diaryl/α,β-unsaturated/α-hetero) is 1. The largest absolute Gasteiger partial charge is 0.508 e. The van der Waals surface area contributed by atoms with Crippen LogP contribution in [0.25, 0.3) is 0 Å². The minimum absolute atomic E-state index is 0.151. The van der Waals surface area contributed by atoms with Crippen molar-refractivity contribution in [3.63, 3.8) is 0 Å². The number of amides is 2. The molecular formula is C99H132N8O14S. The van der Waals surface area contributed by atoms with Crippen molar-refractivity contribution in [3.05, 3.63) is 270 Å². The predicted molar refractivity (Wildman–Crippen MR) is 489 cm³/mol. The van der Waals surface area contributed by atoms with Crippen molar-refractivity contribution in [2.75, 3.05) is 166 Å². The van der Waals surface area contributed by atoms with Crippen LogP contribution in [0.2, 0.25) is 0 Å². The topological polar surface area (TPSA) is 259 Å². The number of nitrogen functional groups attached to an aromatic ring is 1. The molecule has 4 heterocycles. The predicted octanol–water partition coefficient (Wildman–Crippen LogP) is 15.8. The molecule has 0 aliphatic carbocycles. The summed E-state index contributed by atoms with van der Waals surface area (Å²) in [6.45, 7) is 22.6. The molecule has 4 fully saturated rings. The molecule has 23 heteroatoms. The van der Waals surface area contributed by atoms with Gasteiger partial charge in [-0.2, -0.15) is 8.42 Å². The van der Waals surface area contributed by atoms with Gasteiger partial charge in [0.05, 0.1) is 58.3 Å². The summed E-state index contributed by atoms with van der Waals surface area (Å²) in [4.78, 5) is 50.6. The molecule has 0 unspecified atom stereocenters. The number of likely N-dealkylation sites (tertiary alicyclic amines) is 4. The van der Waals surface area contributed by atoms with Gasteiger partial charge in [-0.05, 0) is 203 Å². The van der Waals surface area contributed by atoms with Gasteiger partial charge in [0.2, 0.25) is 11.8 Å². The summed E-state index contributed by atoms with van der Waals surface area (Å²) in [6, 6.07) is 78.6. The summed E-state index contributed by atoms with van der Waals surface area (Å²) in [5.74, 6) is 2.31. The Morgan fingerprint density at radius 1 is 0.426 bits per heavy atom. The number of rotatable bonds is 35. The molecule has 9 aromatic rings. The zero-order valence-corrected chi connectivity index (χ0v) is 73.2. The molecule has 0 saturated carbocycles. The number of nitrogens with two attached hydrogens (primary N) is 1. The number of phenols is 3. The van der Waals surface area contributed by atoms with Gasteiger partial charge in [0.1, 0.15) is 35.4 Å². The molecule has 0 aromatic heterocycles. The highest BCUT2D eigenvalue weighted by atomic mass is 32.2. The number of nitrogens with one attached hydrogen (secondary N) is 1. The molecule has 0 bridgehead atoms. The molecule has 13 rings (SSSR count). The monoisotopic (exact) mass is 1690 g/mol. The molecule has 6 N–H and O–H groups in total. The highest BCUT2D eigenvalue weighted by Gasteiger charge is 2.31. The Balaban J connectivity index is 0.000000194. The van der Waals surface area contributed by atoms with Gasteiger partial charge in [-0.3, -0.25) is 18.6 Å². The Hall–Kier alpha value is -10.0. The number of carbonyl (C=O) groups excluding carboxylic acids is 3. The van der Waals surface area contributed by atoms with E-state index in [0.29, 0.717) is 89.0 Å². The van der Waals surface area contributed by atoms with E-state index in [4.69, 9.17) is 34.5 Å². The van der Waals surface area contributed by atoms with Crippen molar-refractivity contribution in [1.29, 1.82) is 0 Å². The first-order valence-corrected chi connectivity index (χ1v) is 44.7. The first-order chi connectivity index (χ1) is 59.4. The zero-order valence-electron chi connectivity index (χ0n) is 72.4. The van der Waals surface area contributed by atoms with Crippen LogP contribution in [0, 0.1) is 6.92 Å². The van der Waals surface area contributed by atoms with Crippen LogP contribution in [0.3, 0.4) is 0 Å². The van der Waals surface area contributed by atoms with Crippen LogP contribution in [-0.4, -0.2) is 225 Å². The number of ketones is 1. The van der Waals surface area contributed by atoms with Crippen molar-refractivity contribution in [1.82, 2.24) is 19.6 Å². The van der Waals surface area contributed by atoms with E-state index in [-0.39, 0.29) is 40.3 Å². The lowest BCUT2D eigenvalue weighted by atomic mass is 10.0. The Morgan fingerprint density at radius 3 is 1.12 bits per heavy atom. The molecule has 9 aromatic carbocycles. The Labute approximate surface area is 725 Å². The highest BCUT2D eigenvalue weighted by molar-refractivity contribution is 7.86. The Bertz CT molecular complexity index is 4380. The van der Waals surface area contributed by atoms with Gasteiger partial charge in [0, 0.05) is 152 Å². The number of anilines is 4. The smallest absolute Gasteiger partial charge is 0.296 e. The van der Waals surface area contributed by atoms with Gasteiger partial charge in [-0.1, -0.05) is 153 Å². The van der Waals surface area contributed by atoms with E-state index in [1.807, 2.05) is 85.2 Å². The van der Waals surface area contributed by atoms with Gasteiger partial charge in [0.15, 0.2) is 0 Å². The fraction of sp³-hybridized carbons (Fsp3) is 0.424. The van der Waals surface area contributed by atoms with Gasteiger partial charge in [0.25, 0.3) is 10.1 Å². The van der Waals surface area contributed by atoms with E-state index >= 15 is 0 Å². The Kier molecular flexibility index (Phi) is 44.6. The number of piperidine rings is 4. The lowest BCUT2D eigenvalue weighted by molar-refractivity contribution is -0.121. The highest BCUT2D eigenvalue weighted by Crippen LogP contribution is 2.30. The van der Waals surface area contributed by atoms with Crippen molar-refractivity contribution in [2.24, 2.45) is 0 Å². The van der Waals surface area contributed by atoms with Crippen LogP contribution in [0.5, 0.6) is 23.0 Å². The van der Waals surface area contributed by atoms with Crippen LogP contribution in [0.15, 0.2) is 248 Å². The van der Waals surface area contributed by atoms with E-state index in [0.717, 1.165) is 178 Å². The number of phenolic OH excluding ortho intramolecular Hbond substituents is 3. The summed E-state index contributed by atoms with van der Waals surface area (Å²) in [6.07, 6.45) is 13.1. The maximum absolute atomic E-state index is 12.9. The SMILES string of the molecule is CCC(=O)N(c1ccc(O)cc1)C1CCN(CCc2ccccc2)CC1.CCC(=O)N(c1ccc(OCCOCCOCCOCCOC)cc1)C1CCN(CCc2ccccc2)CC1.COS(=O)(=O)c1ccc(C)cc1.Nc1ccc(O)cc1.O=C1CCN(CCc2ccccc2)CC1.Oc1ccc(NC2CCN(CCc3ccccc3)CC2)cc1. The lowest BCUT2D eigenvalue weighted by Crippen LogP contribution is -2.47. The van der Waals surface area contributed by atoms with Gasteiger partial charge in [-0.25, -0.2) is 0 Å². The first kappa shape index (κ1) is 97.4. The van der Waals surface area contributed by atoms with Crippen LogP contribution in [0.4, 0.5) is 22.7 Å². The van der Waals surface area contributed by atoms with Crippen LogP contribution >= 0.6 is 0 Å². The third-order valence-electron chi connectivity index (χ3n) is 21.8. The molecule has 22 nitrogen and oxygen atoms in total. The number of nitrogens with zero attached hydrogens (tertiary/aromatic N) is 6. The minimum atomic E-state index is -3.51. The summed E-state index contributed by atoms with van der Waals surface area (Å²) >= 11 is 0. The normalized spacial score (nSPS) is 14.9. The van der Waals surface area contributed by atoms with E-state index in [9.17, 15) is 33.0 Å². The number of aryl methyl sites for hydroxylation is 1. The maximum atomic E-state index is 12.9. The second-order valence-corrected chi connectivity index (χ2v) is 32.4. The van der Waals surface area contributed by atoms with Crippen molar-refractivity contribution in [3.8, 4) is 23.0 Å². The van der Waals surface area contributed by atoms with Crippen LogP contribution in [0.1, 0.15) is 106 Å². The number of carbonyl (C=O) groups is 3. The number of hydrogen-bond acceptors (Lipinski definition) is 20. The average Bonchev–Trinajstić information content (AvgIpc) is 0.824. The minimum Gasteiger partial charge on any atom is -0.508 e. The molecule has 4 aliphatic heterocycles. The third kappa shape index (κ3) is 37.4. The average molecular weight is 1690 g/mol. The summed E-state index contributed by atoms with van der Waals surface area (Å²) in [5, 5.41) is 31.1. The second-order valence-electron chi connectivity index (χ2n) is 30.7. The molecule has 0 spiro atoms. The third-order valence-corrected chi connectivity index (χ3v) is 23.1. The van der Waals surface area contributed by atoms with Gasteiger partial charge in [-0.15, -0.1) is 0 Å². The molecule has 2 amide bonds. The fourth-order valence-corrected chi connectivity index (χ4v) is 15.3. The van der Waals surface area contributed by atoms with Crippen molar-refractivity contribution >= 4 is 50.5 Å². The molecule has 0 radical (unpaired) electrons. The quantitative estimate of drug-likeness (QED) is 0.0107. The number of benzene rings is 9. The van der Waals surface area contributed by atoms with E-state index in [2.05, 4.69) is 144 Å². The molecule has 0 atom stereocenters. The summed E-state index contributed by atoms with van der Waals surface area (Å²) < 4.78 is 53.6. The summed E-state index contributed by atoms with van der Waals surface area (Å²) in [5.41, 5.74) is 15.5.